The molecule has 0 atom stereocenters. The minimum atomic E-state index is -1.22. The molecule has 2 rings (SSSR count). The maximum absolute atomic E-state index is 12.4. The van der Waals surface area contributed by atoms with E-state index >= 15 is 0 Å². The van der Waals surface area contributed by atoms with Crippen molar-refractivity contribution in [1.29, 1.82) is 0 Å². The molecular formula is C15H17NO4. The SMILES string of the molecule is CCOc1cc(C)cc2c1c(=O)c(C(=O)O)cn2CC. The molecule has 0 radical (unpaired) electrons. The van der Waals surface area contributed by atoms with Gasteiger partial charge in [0.2, 0.25) is 5.43 Å². The van der Waals surface area contributed by atoms with E-state index in [-0.39, 0.29) is 5.56 Å². The average Bonchev–Trinajstić information content (AvgIpc) is 2.38. The third kappa shape index (κ3) is 2.27. The van der Waals surface area contributed by atoms with Gasteiger partial charge >= 0.3 is 5.97 Å². The molecule has 0 saturated heterocycles. The van der Waals surface area contributed by atoms with Gasteiger partial charge in [0.1, 0.15) is 11.3 Å². The molecule has 1 aromatic heterocycles. The van der Waals surface area contributed by atoms with Crippen LogP contribution in [0.2, 0.25) is 0 Å². The molecular weight excluding hydrogens is 258 g/mol. The lowest BCUT2D eigenvalue weighted by atomic mass is 10.1. The molecule has 2 aromatic rings. The van der Waals surface area contributed by atoms with Gasteiger partial charge in [-0.1, -0.05) is 0 Å². The molecule has 0 fully saturated rings. The van der Waals surface area contributed by atoms with Crippen molar-refractivity contribution in [3.8, 4) is 5.75 Å². The van der Waals surface area contributed by atoms with Crippen molar-refractivity contribution < 1.29 is 14.6 Å². The first kappa shape index (κ1) is 14.1. The van der Waals surface area contributed by atoms with Crippen LogP contribution in [0.5, 0.6) is 5.75 Å². The summed E-state index contributed by atoms with van der Waals surface area (Å²) in [5.41, 5.74) is 0.932. The van der Waals surface area contributed by atoms with Crippen molar-refractivity contribution in [2.45, 2.75) is 27.3 Å². The van der Waals surface area contributed by atoms with Crippen LogP contribution in [0.1, 0.15) is 29.8 Å². The van der Waals surface area contributed by atoms with Crippen molar-refractivity contribution in [3.05, 3.63) is 39.7 Å². The fraction of sp³-hybridized carbons (Fsp3) is 0.333. The highest BCUT2D eigenvalue weighted by Crippen LogP contribution is 2.25. The van der Waals surface area contributed by atoms with Crippen LogP contribution in [-0.4, -0.2) is 22.2 Å². The molecule has 0 aliphatic carbocycles. The van der Waals surface area contributed by atoms with E-state index in [1.807, 2.05) is 26.8 Å². The van der Waals surface area contributed by atoms with E-state index in [1.165, 1.54) is 6.20 Å². The Bertz CT molecular complexity index is 731. The van der Waals surface area contributed by atoms with E-state index in [1.54, 1.807) is 10.6 Å². The fourth-order valence-electron chi connectivity index (χ4n) is 2.29. The van der Waals surface area contributed by atoms with Crippen LogP contribution in [0.15, 0.2) is 23.1 Å². The number of benzene rings is 1. The second-order valence-electron chi connectivity index (χ2n) is 4.55. The first-order valence-electron chi connectivity index (χ1n) is 6.53. The summed E-state index contributed by atoms with van der Waals surface area (Å²) in [6, 6.07) is 3.63. The van der Waals surface area contributed by atoms with Gasteiger partial charge in [-0.05, 0) is 38.5 Å². The van der Waals surface area contributed by atoms with Crippen LogP contribution in [0.25, 0.3) is 10.9 Å². The van der Waals surface area contributed by atoms with E-state index < -0.39 is 11.4 Å². The number of pyridine rings is 1. The van der Waals surface area contributed by atoms with Gasteiger partial charge in [0, 0.05) is 12.7 Å². The molecule has 1 heterocycles. The van der Waals surface area contributed by atoms with Crippen LogP contribution in [0, 0.1) is 6.92 Å². The Morgan fingerprint density at radius 3 is 2.60 bits per heavy atom. The maximum atomic E-state index is 12.4. The molecule has 5 heteroatoms. The lowest BCUT2D eigenvalue weighted by Crippen LogP contribution is -2.19. The van der Waals surface area contributed by atoms with Gasteiger partial charge in [0.25, 0.3) is 0 Å². The van der Waals surface area contributed by atoms with Crippen LogP contribution in [0.3, 0.4) is 0 Å². The lowest BCUT2D eigenvalue weighted by Gasteiger charge is -2.14. The monoisotopic (exact) mass is 275 g/mol. The molecule has 0 aliphatic rings. The summed E-state index contributed by atoms with van der Waals surface area (Å²) < 4.78 is 7.27. The van der Waals surface area contributed by atoms with Gasteiger partial charge in [-0.25, -0.2) is 4.79 Å². The Balaban J connectivity index is 2.97. The van der Waals surface area contributed by atoms with Gasteiger partial charge in [0.05, 0.1) is 17.5 Å². The molecule has 20 heavy (non-hydrogen) atoms. The highest BCUT2D eigenvalue weighted by molar-refractivity contribution is 5.95. The van der Waals surface area contributed by atoms with E-state index in [0.717, 1.165) is 5.56 Å². The zero-order valence-corrected chi connectivity index (χ0v) is 11.8. The van der Waals surface area contributed by atoms with Crippen molar-refractivity contribution >= 4 is 16.9 Å². The second-order valence-corrected chi connectivity index (χ2v) is 4.55. The number of aromatic carboxylic acids is 1. The molecule has 0 amide bonds. The summed E-state index contributed by atoms with van der Waals surface area (Å²) in [6.45, 7) is 6.64. The number of nitrogens with zero attached hydrogens (tertiary/aromatic N) is 1. The summed E-state index contributed by atoms with van der Waals surface area (Å²) in [7, 11) is 0. The predicted octanol–water partition coefficient (Wildman–Crippen LogP) is 2.43. The highest BCUT2D eigenvalue weighted by atomic mass is 16.5. The molecule has 1 aromatic carbocycles. The topological polar surface area (TPSA) is 68.5 Å². The number of carbonyl (C=O) groups is 1. The molecule has 106 valence electrons. The number of carboxylic acids is 1. The van der Waals surface area contributed by atoms with Crippen molar-refractivity contribution in [2.24, 2.45) is 0 Å². The number of fused-ring (bicyclic) bond motifs is 1. The zero-order valence-electron chi connectivity index (χ0n) is 11.8. The Kier molecular flexibility index (Phi) is 3.79. The Labute approximate surface area is 116 Å². The van der Waals surface area contributed by atoms with Gasteiger partial charge in [-0.2, -0.15) is 0 Å². The summed E-state index contributed by atoms with van der Waals surface area (Å²) in [5.74, 6) is -0.778. The number of ether oxygens (including phenoxy) is 1. The largest absolute Gasteiger partial charge is 0.493 e. The van der Waals surface area contributed by atoms with E-state index in [0.29, 0.717) is 29.8 Å². The van der Waals surface area contributed by atoms with E-state index in [9.17, 15) is 9.59 Å². The number of hydrogen-bond donors (Lipinski definition) is 1. The van der Waals surface area contributed by atoms with E-state index in [4.69, 9.17) is 9.84 Å². The third-order valence-electron chi connectivity index (χ3n) is 3.16. The van der Waals surface area contributed by atoms with Gasteiger partial charge in [-0.3, -0.25) is 4.79 Å². The molecule has 0 unspecified atom stereocenters. The Morgan fingerprint density at radius 2 is 2.05 bits per heavy atom. The summed E-state index contributed by atoms with van der Waals surface area (Å²) in [6.07, 6.45) is 1.39. The standard InChI is InChI=1S/C15H17NO4/c1-4-16-8-10(15(18)19)14(17)13-11(16)6-9(3)7-12(13)20-5-2/h6-8H,4-5H2,1-3H3,(H,18,19). The van der Waals surface area contributed by atoms with Crippen molar-refractivity contribution in [3.63, 3.8) is 0 Å². The smallest absolute Gasteiger partial charge is 0.341 e. The van der Waals surface area contributed by atoms with E-state index in [2.05, 4.69) is 0 Å². The van der Waals surface area contributed by atoms with Gasteiger partial charge in [-0.15, -0.1) is 0 Å². The van der Waals surface area contributed by atoms with Crippen molar-refractivity contribution in [1.82, 2.24) is 4.57 Å². The number of rotatable bonds is 4. The van der Waals surface area contributed by atoms with Crippen LogP contribution >= 0.6 is 0 Å². The first-order valence-corrected chi connectivity index (χ1v) is 6.53. The summed E-state index contributed by atoms with van der Waals surface area (Å²) >= 11 is 0. The van der Waals surface area contributed by atoms with Crippen molar-refractivity contribution in [2.75, 3.05) is 6.61 Å². The minimum Gasteiger partial charge on any atom is -0.493 e. The second kappa shape index (κ2) is 5.36. The van der Waals surface area contributed by atoms with Gasteiger partial charge < -0.3 is 14.4 Å². The fourth-order valence-corrected chi connectivity index (χ4v) is 2.29. The number of hydrogen-bond acceptors (Lipinski definition) is 3. The average molecular weight is 275 g/mol. The van der Waals surface area contributed by atoms with Crippen LogP contribution < -0.4 is 10.2 Å². The molecule has 1 N–H and O–H groups in total. The molecule has 0 saturated carbocycles. The summed E-state index contributed by atoms with van der Waals surface area (Å²) in [5, 5.41) is 9.50. The quantitative estimate of drug-likeness (QED) is 0.930. The Hall–Kier alpha value is -2.30. The molecule has 0 aliphatic heterocycles. The lowest BCUT2D eigenvalue weighted by molar-refractivity contribution is 0.0695. The van der Waals surface area contributed by atoms with Crippen LogP contribution in [0.4, 0.5) is 0 Å². The molecule has 0 spiro atoms. The maximum Gasteiger partial charge on any atom is 0.341 e. The molecule has 0 bridgehead atoms. The third-order valence-corrected chi connectivity index (χ3v) is 3.16. The summed E-state index contributed by atoms with van der Waals surface area (Å²) in [4.78, 5) is 23.6. The zero-order chi connectivity index (χ0) is 14.9. The first-order chi connectivity index (χ1) is 9.49. The normalized spacial score (nSPS) is 10.8. The van der Waals surface area contributed by atoms with Crippen LogP contribution in [-0.2, 0) is 6.54 Å². The predicted molar refractivity (Wildman–Crippen MR) is 76.7 cm³/mol. The highest BCUT2D eigenvalue weighted by Gasteiger charge is 2.17. The molecule has 5 nitrogen and oxygen atoms in total. The minimum absolute atomic E-state index is 0.232. The van der Waals surface area contributed by atoms with Gasteiger partial charge in [0.15, 0.2) is 0 Å². The number of aryl methyl sites for hydroxylation is 2. The number of aromatic nitrogens is 1. The number of carboxylic acid groups (broad SMARTS) is 1. The Morgan fingerprint density at radius 1 is 1.35 bits per heavy atom.